The molecule has 0 bridgehead atoms. The Labute approximate surface area is 117 Å². The van der Waals surface area contributed by atoms with Crippen molar-refractivity contribution in [2.75, 3.05) is 5.73 Å². The van der Waals surface area contributed by atoms with Crippen molar-refractivity contribution in [2.24, 2.45) is 0 Å². The second-order valence-corrected chi connectivity index (χ2v) is 5.08. The molecule has 1 heterocycles. The standard InChI is InChI=1S/C11H8BrCl2N3/c12-7-3-1-6(2-4-7)5-8-9(13)16-11(15)17-10(8)14/h1-4H,5H2,(H2,15,16,17). The van der Waals surface area contributed by atoms with Crippen LogP contribution in [0.1, 0.15) is 11.1 Å². The number of rotatable bonds is 2. The molecule has 0 aliphatic rings. The molecule has 1 aromatic carbocycles. The highest BCUT2D eigenvalue weighted by Gasteiger charge is 2.10. The van der Waals surface area contributed by atoms with Gasteiger partial charge in [-0.2, -0.15) is 0 Å². The first-order valence-electron chi connectivity index (χ1n) is 4.78. The Bertz CT molecular complexity index is 520. The average molecular weight is 333 g/mol. The molecule has 0 spiro atoms. The van der Waals surface area contributed by atoms with Gasteiger partial charge in [-0.3, -0.25) is 0 Å². The number of nitrogens with zero attached hydrogens (tertiary/aromatic N) is 2. The number of halogens is 3. The molecule has 6 heteroatoms. The van der Waals surface area contributed by atoms with Crippen LogP contribution < -0.4 is 5.73 Å². The summed E-state index contributed by atoms with van der Waals surface area (Å²) in [6.45, 7) is 0. The van der Waals surface area contributed by atoms with E-state index >= 15 is 0 Å². The third-order valence-electron chi connectivity index (χ3n) is 2.22. The van der Waals surface area contributed by atoms with E-state index in [-0.39, 0.29) is 5.95 Å². The van der Waals surface area contributed by atoms with E-state index in [1.54, 1.807) is 0 Å². The topological polar surface area (TPSA) is 51.8 Å². The molecule has 0 aliphatic heterocycles. The van der Waals surface area contributed by atoms with Crippen LogP contribution in [-0.4, -0.2) is 9.97 Å². The summed E-state index contributed by atoms with van der Waals surface area (Å²) in [5, 5.41) is 0.593. The molecule has 0 radical (unpaired) electrons. The highest BCUT2D eigenvalue weighted by atomic mass is 79.9. The van der Waals surface area contributed by atoms with Gasteiger partial charge in [-0.25, -0.2) is 9.97 Å². The Kier molecular flexibility index (Phi) is 3.86. The summed E-state index contributed by atoms with van der Waals surface area (Å²) in [6, 6.07) is 7.87. The molecule has 2 aromatic rings. The fraction of sp³-hybridized carbons (Fsp3) is 0.0909. The van der Waals surface area contributed by atoms with Crippen LogP contribution in [0.3, 0.4) is 0 Å². The molecular weight excluding hydrogens is 325 g/mol. The van der Waals surface area contributed by atoms with E-state index in [0.717, 1.165) is 10.0 Å². The van der Waals surface area contributed by atoms with Crippen LogP contribution >= 0.6 is 39.1 Å². The van der Waals surface area contributed by atoms with Crippen molar-refractivity contribution in [3.63, 3.8) is 0 Å². The van der Waals surface area contributed by atoms with E-state index in [1.807, 2.05) is 24.3 Å². The van der Waals surface area contributed by atoms with E-state index < -0.39 is 0 Å². The van der Waals surface area contributed by atoms with Crippen LogP contribution in [0.25, 0.3) is 0 Å². The number of benzene rings is 1. The first-order valence-corrected chi connectivity index (χ1v) is 6.33. The summed E-state index contributed by atoms with van der Waals surface area (Å²) in [6.07, 6.45) is 0.575. The van der Waals surface area contributed by atoms with E-state index in [1.165, 1.54) is 0 Å². The van der Waals surface area contributed by atoms with Gasteiger partial charge in [0.25, 0.3) is 0 Å². The maximum absolute atomic E-state index is 5.99. The van der Waals surface area contributed by atoms with Crippen LogP contribution in [0.2, 0.25) is 10.3 Å². The summed E-state index contributed by atoms with van der Waals surface area (Å²) < 4.78 is 1.02. The molecule has 3 nitrogen and oxygen atoms in total. The predicted octanol–water partition coefficient (Wildman–Crippen LogP) is 3.72. The smallest absolute Gasteiger partial charge is 0.222 e. The molecule has 0 saturated carbocycles. The zero-order valence-electron chi connectivity index (χ0n) is 8.62. The first-order chi connectivity index (χ1) is 8.06. The summed E-state index contributed by atoms with van der Waals surface area (Å²) in [5.74, 6) is 0.0829. The van der Waals surface area contributed by atoms with Crippen molar-refractivity contribution in [1.29, 1.82) is 0 Å². The van der Waals surface area contributed by atoms with Gasteiger partial charge in [-0.1, -0.05) is 51.3 Å². The predicted molar refractivity (Wildman–Crippen MR) is 73.4 cm³/mol. The second-order valence-electron chi connectivity index (χ2n) is 3.45. The first kappa shape index (κ1) is 12.6. The van der Waals surface area contributed by atoms with Crippen LogP contribution in [0.4, 0.5) is 5.95 Å². The second kappa shape index (κ2) is 5.21. The van der Waals surface area contributed by atoms with Crippen molar-refractivity contribution in [1.82, 2.24) is 9.97 Å². The third-order valence-corrected chi connectivity index (χ3v) is 3.37. The molecular formula is C11H8BrCl2N3. The monoisotopic (exact) mass is 331 g/mol. The molecule has 2 N–H and O–H groups in total. The molecule has 0 fully saturated rings. The number of hydrogen-bond donors (Lipinski definition) is 1. The molecule has 0 amide bonds. The summed E-state index contributed by atoms with van der Waals surface area (Å²) in [7, 11) is 0. The third kappa shape index (κ3) is 3.09. The molecule has 2 rings (SSSR count). The van der Waals surface area contributed by atoms with Gasteiger partial charge in [0.05, 0.1) is 0 Å². The van der Waals surface area contributed by atoms with Crippen molar-refractivity contribution in [2.45, 2.75) is 6.42 Å². The molecule has 1 aromatic heterocycles. The molecule has 88 valence electrons. The molecule has 0 saturated heterocycles. The van der Waals surface area contributed by atoms with Gasteiger partial charge in [0.15, 0.2) is 0 Å². The Hall–Kier alpha value is -0.840. The average Bonchev–Trinajstić information content (AvgIpc) is 2.26. The van der Waals surface area contributed by atoms with Crippen LogP contribution in [0.15, 0.2) is 28.7 Å². The van der Waals surface area contributed by atoms with Crippen molar-refractivity contribution >= 4 is 45.1 Å². The Morgan fingerprint density at radius 1 is 1.06 bits per heavy atom. The Balaban J connectivity index is 2.33. The Morgan fingerprint density at radius 2 is 1.59 bits per heavy atom. The van der Waals surface area contributed by atoms with Crippen LogP contribution in [0, 0.1) is 0 Å². The van der Waals surface area contributed by atoms with E-state index in [4.69, 9.17) is 28.9 Å². The lowest BCUT2D eigenvalue weighted by atomic mass is 10.1. The number of aromatic nitrogens is 2. The minimum Gasteiger partial charge on any atom is -0.368 e. The van der Waals surface area contributed by atoms with Crippen LogP contribution in [0.5, 0.6) is 0 Å². The zero-order chi connectivity index (χ0) is 12.4. The lowest BCUT2D eigenvalue weighted by Crippen LogP contribution is -2.01. The summed E-state index contributed by atoms with van der Waals surface area (Å²) in [4.78, 5) is 7.77. The van der Waals surface area contributed by atoms with Crippen molar-refractivity contribution < 1.29 is 0 Å². The Morgan fingerprint density at radius 3 is 2.12 bits per heavy atom. The quantitative estimate of drug-likeness (QED) is 0.853. The van der Waals surface area contributed by atoms with Crippen molar-refractivity contribution in [3.05, 3.63) is 50.2 Å². The SMILES string of the molecule is Nc1nc(Cl)c(Cc2ccc(Br)cc2)c(Cl)n1. The van der Waals surface area contributed by atoms with Gasteiger partial charge >= 0.3 is 0 Å². The maximum atomic E-state index is 5.99. The van der Waals surface area contributed by atoms with Gasteiger partial charge in [0.1, 0.15) is 10.3 Å². The number of hydrogen-bond acceptors (Lipinski definition) is 3. The summed E-state index contributed by atoms with van der Waals surface area (Å²) in [5.41, 5.74) is 7.20. The van der Waals surface area contributed by atoms with Crippen molar-refractivity contribution in [3.8, 4) is 0 Å². The lowest BCUT2D eigenvalue weighted by Gasteiger charge is -2.06. The molecule has 0 unspecified atom stereocenters. The van der Waals surface area contributed by atoms with Crippen LogP contribution in [-0.2, 0) is 6.42 Å². The minimum atomic E-state index is 0.0829. The van der Waals surface area contributed by atoms with Gasteiger partial charge in [0.2, 0.25) is 5.95 Å². The van der Waals surface area contributed by atoms with E-state index in [2.05, 4.69) is 25.9 Å². The fourth-order valence-corrected chi connectivity index (χ4v) is 2.20. The normalized spacial score (nSPS) is 10.5. The van der Waals surface area contributed by atoms with Gasteiger partial charge in [-0.05, 0) is 17.7 Å². The zero-order valence-corrected chi connectivity index (χ0v) is 11.7. The number of nitrogens with two attached hydrogens (primary N) is 1. The fourth-order valence-electron chi connectivity index (χ4n) is 1.40. The molecule has 17 heavy (non-hydrogen) atoms. The van der Waals surface area contributed by atoms with Gasteiger partial charge in [-0.15, -0.1) is 0 Å². The molecule has 0 atom stereocenters. The van der Waals surface area contributed by atoms with E-state index in [0.29, 0.717) is 22.3 Å². The van der Waals surface area contributed by atoms with Gasteiger partial charge < -0.3 is 5.73 Å². The maximum Gasteiger partial charge on any atom is 0.222 e. The lowest BCUT2D eigenvalue weighted by molar-refractivity contribution is 1.08. The summed E-state index contributed by atoms with van der Waals surface area (Å²) >= 11 is 15.4. The molecule has 0 aliphatic carbocycles. The van der Waals surface area contributed by atoms with Gasteiger partial charge in [0, 0.05) is 16.5 Å². The number of anilines is 1. The highest BCUT2D eigenvalue weighted by molar-refractivity contribution is 9.10. The number of nitrogen functional groups attached to an aromatic ring is 1. The largest absolute Gasteiger partial charge is 0.368 e. The highest BCUT2D eigenvalue weighted by Crippen LogP contribution is 2.25. The minimum absolute atomic E-state index is 0.0829. The van der Waals surface area contributed by atoms with E-state index in [9.17, 15) is 0 Å².